The Balaban J connectivity index is 1.50. The number of halogens is 1. The summed E-state index contributed by atoms with van der Waals surface area (Å²) in [7, 11) is 0. The molecule has 184 valence electrons. The first-order chi connectivity index (χ1) is 17.0. The Morgan fingerprint density at radius 3 is 2.49 bits per heavy atom. The molecule has 1 fully saturated rings. The first-order valence-corrected chi connectivity index (χ1v) is 12.6. The van der Waals surface area contributed by atoms with E-state index in [0.717, 1.165) is 24.2 Å². The van der Waals surface area contributed by atoms with Crippen LogP contribution in [0, 0.1) is 5.82 Å². The Labute approximate surface area is 207 Å². The number of thioether (sulfide) groups is 1. The second-order valence-corrected chi connectivity index (χ2v) is 9.13. The number of hydrogen-bond donors (Lipinski definition) is 1. The highest BCUT2D eigenvalue weighted by molar-refractivity contribution is 7.99. The van der Waals surface area contributed by atoms with Gasteiger partial charge in [0.1, 0.15) is 11.6 Å². The van der Waals surface area contributed by atoms with Gasteiger partial charge < -0.3 is 15.0 Å². The van der Waals surface area contributed by atoms with Gasteiger partial charge in [-0.2, -0.15) is 0 Å². The molecule has 35 heavy (non-hydrogen) atoms. The van der Waals surface area contributed by atoms with E-state index in [-0.39, 0.29) is 23.6 Å². The fourth-order valence-electron chi connectivity index (χ4n) is 4.01. The van der Waals surface area contributed by atoms with Crippen molar-refractivity contribution in [3.63, 3.8) is 0 Å². The number of amides is 2. The van der Waals surface area contributed by atoms with Crippen molar-refractivity contribution in [2.24, 2.45) is 0 Å². The SMILES string of the molecule is CCOc1ccc(-c2nnc(SCC(=O)NC3CCN(C(C)=O)CC3)n2-c2ccccc2F)cc1. The van der Waals surface area contributed by atoms with E-state index >= 15 is 0 Å². The molecule has 0 aliphatic carbocycles. The number of benzene rings is 2. The third-order valence-corrected chi connectivity index (χ3v) is 6.72. The number of hydrogen-bond acceptors (Lipinski definition) is 6. The fourth-order valence-corrected chi connectivity index (χ4v) is 4.76. The van der Waals surface area contributed by atoms with Crippen molar-refractivity contribution in [3.05, 3.63) is 54.3 Å². The van der Waals surface area contributed by atoms with Crippen LogP contribution >= 0.6 is 11.8 Å². The van der Waals surface area contributed by atoms with Crippen LogP contribution in [-0.2, 0) is 9.59 Å². The number of carbonyl (C=O) groups is 2. The second-order valence-electron chi connectivity index (χ2n) is 8.19. The number of nitrogens with zero attached hydrogens (tertiary/aromatic N) is 4. The molecule has 4 rings (SSSR count). The standard InChI is InChI=1S/C25H28FN5O3S/c1-3-34-20-10-8-18(9-11-20)24-28-29-25(31(24)22-7-5-4-6-21(22)26)35-16-23(33)27-19-12-14-30(15-13-19)17(2)32/h4-11,19H,3,12-16H2,1-2H3,(H,27,33). The Bertz CT molecular complexity index is 1180. The van der Waals surface area contributed by atoms with Crippen LogP contribution in [0.5, 0.6) is 5.75 Å². The van der Waals surface area contributed by atoms with Crippen molar-refractivity contribution < 1.29 is 18.7 Å². The average molecular weight is 498 g/mol. The molecule has 2 amide bonds. The van der Waals surface area contributed by atoms with Gasteiger partial charge in [-0.25, -0.2) is 4.39 Å². The molecule has 1 N–H and O–H groups in total. The first kappa shape index (κ1) is 24.7. The molecule has 2 heterocycles. The van der Waals surface area contributed by atoms with E-state index in [9.17, 15) is 14.0 Å². The Kier molecular flexibility index (Phi) is 8.02. The van der Waals surface area contributed by atoms with Gasteiger partial charge in [-0.1, -0.05) is 23.9 Å². The van der Waals surface area contributed by atoms with E-state index in [1.165, 1.54) is 17.8 Å². The molecular weight excluding hydrogens is 469 g/mol. The molecule has 0 saturated carbocycles. The Hall–Kier alpha value is -3.40. The number of para-hydroxylation sites is 1. The number of ether oxygens (including phenoxy) is 1. The molecule has 0 bridgehead atoms. The maximum atomic E-state index is 14.8. The summed E-state index contributed by atoms with van der Waals surface area (Å²) in [6, 6.07) is 13.8. The summed E-state index contributed by atoms with van der Waals surface area (Å²) >= 11 is 1.20. The summed E-state index contributed by atoms with van der Waals surface area (Å²) in [4.78, 5) is 25.9. The summed E-state index contributed by atoms with van der Waals surface area (Å²) in [5.74, 6) is 0.820. The average Bonchev–Trinajstić information content (AvgIpc) is 3.28. The molecule has 1 aromatic heterocycles. The highest BCUT2D eigenvalue weighted by Gasteiger charge is 2.23. The molecule has 1 aliphatic rings. The largest absolute Gasteiger partial charge is 0.494 e. The van der Waals surface area contributed by atoms with Gasteiger partial charge in [-0.3, -0.25) is 14.2 Å². The highest BCUT2D eigenvalue weighted by atomic mass is 32.2. The maximum Gasteiger partial charge on any atom is 0.230 e. The van der Waals surface area contributed by atoms with Gasteiger partial charge >= 0.3 is 0 Å². The van der Waals surface area contributed by atoms with Crippen molar-refractivity contribution in [1.29, 1.82) is 0 Å². The van der Waals surface area contributed by atoms with Crippen molar-refractivity contribution >= 4 is 23.6 Å². The van der Waals surface area contributed by atoms with Crippen LogP contribution in [-0.4, -0.2) is 63.0 Å². The summed E-state index contributed by atoms with van der Waals surface area (Å²) in [5, 5.41) is 12.0. The number of piperidine rings is 1. The smallest absolute Gasteiger partial charge is 0.230 e. The lowest BCUT2D eigenvalue weighted by atomic mass is 10.1. The van der Waals surface area contributed by atoms with Crippen molar-refractivity contribution in [2.45, 2.75) is 37.9 Å². The molecule has 0 radical (unpaired) electrons. The quantitative estimate of drug-likeness (QED) is 0.478. The van der Waals surface area contributed by atoms with Gasteiger partial charge in [-0.05, 0) is 56.2 Å². The highest BCUT2D eigenvalue weighted by Crippen LogP contribution is 2.30. The maximum absolute atomic E-state index is 14.8. The molecule has 0 unspecified atom stereocenters. The fraction of sp³-hybridized carbons (Fsp3) is 0.360. The van der Waals surface area contributed by atoms with E-state index < -0.39 is 5.82 Å². The number of likely N-dealkylation sites (tertiary alicyclic amines) is 1. The summed E-state index contributed by atoms with van der Waals surface area (Å²) in [6.45, 7) is 5.31. The van der Waals surface area contributed by atoms with Gasteiger partial charge in [0.05, 0.1) is 18.0 Å². The monoisotopic (exact) mass is 497 g/mol. The zero-order valence-corrected chi connectivity index (χ0v) is 20.6. The molecule has 1 saturated heterocycles. The predicted octanol–water partition coefficient (Wildman–Crippen LogP) is 3.69. The lowest BCUT2D eigenvalue weighted by Crippen LogP contribution is -2.46. The van der Waals surface area contributed by atoms with E-state index in [2.05, 4.69) is 15.5 Å². The van der Waals surface area contributed by atoms with Crippen molar-refractivity contribution in [2.75, 3.05) is 25.4 Å². The minimum absolute atomic E-state index is 0.0301. The molecule has 0 spiro atoms. The molecule has 3 aromatic rings. The molecule has 0 atom stereocenters. The van der Waals surface area contributed by atoms with E-state index in [1.807, 2.05) is 31.2 Å². The van der Waals surface area contributed by atoms with Crippen molar-refractivity contribution in [3.8, 4) is 22.8 Å². The number of rotatable bonds is 8. The second kappa shape index (κ2) is 11.4. The van der Waals surface area contributed by atoms with Gasteiger partial charge in [0.15, 0.2) is 11.0 Å². The summed E-state index contributed by atoms with van der Waals surface area (Å²) < 4.78 is 21.9. The van der Waals surface area contributed by atoms with Crippen LogP contribution in [0.25, 0.3) is 17.1 Å². The van der Waals surface area contributed by atoms with Crippen LogP contribution in [0.15, 0.2) is 53.7 Å². The van der Waals surface area contributed by atoms with Crippen molar-refractivity contribution in [1.82, 2.24) is 25.0 Å². The molecular formula is C25H28FN5O3S. The van der Waals surface area contributed by atoms with Crippen LogP contribution < -0.4 is 10.1 Å². The van der Waals surface area contributed by atoms with Gasteiger partial charge in [0, 0.05) is 31.6 Å². The molecule has 10 heteroatoms. The van der Waals surface area contributed by atoms with E-state index in [0.29, 0.717) is 36.4 Å². The van der Waals surface area contributed by atoms with Gasteiger partial charge in [-0.15, -0.1) is 10.2 Å². The van der Waals surface area contributed by atoms with Crippen LogP contribution in [0.2, 0.25) is 0 Å². The lowest BCUT2D eigenvalue weighted by Gasteiger charge is -2.31. The van der Waals surface area contributed by atoms with Crippen LogP contribution in [0.4, 0.5) is 4.39 Å². The minimum atomic E-state index is -0.414. The normalized spacial score (nSPS) is 14.1. The Morgan fingerprint density at radius 1 is 1.11 bits per heavy atom. The van der Waals surface area contributed by atoms with E-state index in [4.69, 9.17) is 4.74 Å². The molecule has 8 nitrogen and oxygen atoms in total. The number of aromatic nitrogens is 3. The third kappa shape index (κ3) is 6.00. The zero-order valence-electron chi connectivity index (χ0n) is 19.7. The first-order valence-electron chi connectivity index (χ1n) is 11.6. The number of carbonyl (C=O) groups excluding carboxylic acids is 2. The third-order valence-electron chi connectivity index (χ3n) is 5.79. The van der Waals surface area contributed by atoms with E-state index in [1.54, 1.807) is 34.6 Å². The topological polar surface area (TPSA) is 89.3 Å². The predicted molar refractivity (Wildman–Crippen MR) is 132 cm³/mol. The van der Waals surface area contributed by atoms with Gasteiger partial charge in [0.2, 0.25) is 11.8 Å². The number of nitrogens with one attached hydrogen (secondary N) is 1. The van der Waals surface area contributed by atoms with Crippen LogP contribution in [0.3, 0.4) is 0 Å². The zero-order chi connectivity index (χ0) is 24.8. The lowest BCUT2D eigenvalue weighted by molar-refractivity contribution is -0.130. The minimum Gasteiger partial charge on any atom is -0.494 e. The summed E-state index contributed by atoms with van der Waals surface area (Å²) in [5.41, 5.74) is 1.05. The van der Waals surface area contributed by atoms with Gasteiger partial charge in [0.25, 0.3) is 0 Å². The summed E-state index contributed by atoms with van der Waals surface area (Å²) in [6.07, 6.45) is 1.45. The molecule has 1 aliphatic heterocycles. The van der Waals surface area contributed by atoms with Crippen LogP contribution in [0.1, 0.15) is 26.7 Å². The Morgan fingerprint density at radius 2 is 1.83 bits per heavy atom. The molecule has 2 aromatic carbocycles.